The van der Waals surface area contributed by atoms with Crippen LogP contribution in [0, 0.1) is 0 Å². The van der Waals surface area contributed by atoms with Crippen molar-refractivity contribution >= 4 is 0 Å². The summed E-state index contributed by atoms with van der Waals surface area (Å²) < 4.78 is 43.6. The molecule has 0 saturated heterocycles. The summed E-state index contributed by atoms with van der Waals surface area (Å²) in [5.74, 6) is 0.249. The maximum absolute atomic E-state index is 12.9. The molecule has 0 aliphatic rings. The maximum Gasteiger partial charge on any atom is 0.408 e. The zero-order chi connectivity index (χ0) is 12.3. The van der Waals surface area contributed by atoms with Crippen molar-refractivity contribution in [2.24, 2.45) is 0 Å². The molecule has 0 aliphatic carbocycles. The van der Waals surface area contributed by atoms with E-state index in [0.717, 1.165) is 4.90 Å². The second-order valence-corrected chi connectivity index (χ2v) is 3.65. The summed E-state index contributed by atoms with van der Waals surface area (Å²) in [4.78, 5) is 1.12. The number of para-hydroxylation sites is 1. The lowest BCUT2D eigenvalue weighted by molar-refractivity contribution is -0.179. The second kappa shape index (κ2) is 4.74. The molecule has 0 saturated carbocycles. The van der Waals surface area contributed by atoms with Crippen LogP contribution in [0.15, 0.2) is 24.3 Å². The van der Waals surface area contributed by atoms with Crippen molar-refractivity contribution in [2.45, 2.75) is 12.2 Å². The van der Waals surface area contributed by atoms with Gasteiger partial charge in [-0.25, -0.2) is 0 Å². The molecule has 0 bridgehead atoms. The van der Waals surface area contributed by atoms with Crippen molar-refractivity contribution in [1.82, 2.24) is 4.90 Å². The second-order valence-electron chi connectivity index (χ2n) is 3.65. The number of benzene rings is 1. The highest BCUT2D eigenvalue weighted by atomic mass is 19.4. The quantitative estimate of drug-likeness (QED) is 0.796. The van der Waals surface area contributed by atoms with Gasteiger partial charge in [0.2, 0.25) is 0 Å². The third-order valence-electron chi connectivity index (χ3n) is 2.26. The van der Waals surface area contributed by atoms with Gasteiger partial charge in [-0.2, -0.15) is 13.2 Å². The lowest BCUT2D eigenvalue weighted by atomic mass is 10.0. The number of ether oxygens (including phenoxy) is 1. The Kier molecular flexibility index (Phi) is 3.80. The number of nitrogens with zero attached hydrogens (tertiary/aromatic N) is 1. The highest BCUT2D eigenvalue weighted by molar-refractivity contribution is 5.36. The first-order chi connectivity index (χ1) is 7.38. The molecule has 1 aromatic carbocycles. The Balaban J connectivity index is 3.21. The summed E-state index contributed by atoms with van der Waals surface area (Å²) in [6.45, 7) is 0. The molecule has 0 N–H and O–H groups in total. The highest BCUT2D eigenvalue weighted by Crippen LogP contribution is 2.39. The number of alkyl halides is 3. The predicted molar refractivity (Wildman–Crippen MR) is 55.5 cm³/mol. The van der Waals surface area contributed by atoms with Gasteiger partial charge in [0.15, 0.2) is 0 Å². The third-order valence-corrected chi connectivity index (χ3v) is 2.26. The van der Waals surface area contributed by atoms with Gasteiger partial charge in [0, 0.05) is 5.56 Å². The summed E-state index contributed by atoms with van der Waals surface area (Å²) in [5, 5.41) is 0. The summed E-state index contributed by atoms with van der Waals surface area (Å²) in [6, 6.07) is 4.52. The first-order valence-corrected chi connectivity index (χ1v) is 4.74. The molecule has 0 heterocycles. The van der Waals surface area contributed by atoms with Crippen LogP contribution in [-0.2, 0) is 0 Å². The fourth-order valence-electron chi connectivity index (χ4n) is 1.64. The minimum Gasteiger partial charge on any atom is -0.496 e. The van der Waals surface area contributed by atoms with E-state index in [2.05, 4.69) is 0 Å². The van der Waals surface area contributed by atoms with Crippen LogP contribution >= 0.6 is 0 Å². The van der Waals surface area contributed by atoms with E-state index in [1.54, 1.807) is 12.1 Å². The predicted octanol–water partition coefficient (Wildman–Crippen LogP) is 2.86. The Morgan fingerprint density at radius 1 is 1.19 bits per heavy atom. The van der Waals surface area contributed by atoms with E-state index >= 15 is 0 Å². The van der Waals surface area contributed by atoms with E-state index in [1.807, 2.05) is 0 Å². The summed E-state index contributed by atoms with van der Waals surface area (Å²) in [5.41, 5.74) is 0.127. The molecule has 1 atom stereocenters. The van der Waals surface area contributed by atoms with Crippen LogP contribution in [-0.4, -0.2) is 32.3 Å². The lowest BCUT2D eigenvalue weighted by Crippen LogP contribution is -2.33. The van der Waals surface area contributed by atoms with Gasteiger partial charge in [0.1, 0.15) is 11.8 Å². The number of rotatable bonds is 3. The molecule has 0 aliphatic heterocycles. The van der Waals surface area contributed by atoms with Crippen molar-refractivity contribution in [1.29, 1.82) is 0 Å². The largest absolute Gasteiger partial charge is 0.496 e. The molecule has 90 valence electrons. The number of halogens is 3. The average molecular weight is 233 g/mol. The summed E-state index contributed by atoms with van der Waals surface area (Å²) in [6.07, 6.45) is -4.32. The van der Waals surface area contributed by atoms with Gasteiger partial charge in [-0.05, 0) is 20.2 Å². The van der Waals surface area contributed by atoms with Crippen LogP contribution < -0.4 is 4.74 Å². The van der Waals surface area contributed by atoms with E-state index in [4.69, 9.17) is 4.74 Å². The standard InChI is InChI=1S/C11H14F3NO/c1-15(2)10(11(12,13)14)8-6-4-5-7-9(8)16-3/h4-7,10H,1-3H3. The van der Waals surface area contributed by atoms with Crippen LogP contribution in [0.25, 0.3) is 0 Å². The Hall–Kier alpha value is -1.23. The molecule has 1 rings (SSSR count). The molecule has 16 heavy (non-hydrogen) atoms. The van der Waals surface area contributed by atoms with Crippen LogP contribution in [0.2, 0.25) is 0 Å². The fourth-order valence-corrected chi connectivity index (χ4v) is 1.64. The molecule has 2 nitrogen and oxygen atoms in total. The summed E-state index contributed by atoms with van der Waals surface area (Å²) >= 11 is 0. The number of hydrogen-bond acceptors (Lipinski definition) is 2. The van der Waals surface area contributed by atoms with Gasteiger partial charge in [-0.1, -0.05) is 18.2 Å². The Bertz CT molecular complexity index is 349. The van der Waals surface area contributed by atoms with E-state index < -0.39 is 12.2 Å². The minimum absolute atomic E-state index is 0.127. The van der Waals surface area contributed by atoms with Crippen molar-refractivity contribution in [3.8, 4) is 5.75 Å². The number of methoxy groups -OCH3 is 1. The van der Waals surface area contributed by atoms with Gasteiger partial charge in [-0.3, -0.25) is 4.90 Å². The Morgan fingerprint density at radius 3 is 2.19 bits per heavy atom. The van der Waals surface area contributed by atoms with Crippen LogP contribution in [0.1, 0.15) is 11.6 Å². The van der Waals surface area contributed by atoms with E-state index in [1.165, 1.54) is 33.3 Å². The molecule has 0 aromatic heterocycles. The Labute approximate surface area is 92.6 Å². The molecule has 0 amide bonds. The van der Waals surface area contributed by atoms with Crippen molar-refractivity contribution < 1.29 is 17.9 Å². The molecule has 0 spiro atoms. The molecule has 1 unspecified atom stereocenters. The molecule has 1 aromatic rings. The van der Waals surface area contributed by atoms with Gasteiger partial charge in [0.05, 0.1) is 7.11 Å². The van der Waals surface area contributed by atoms with E-state index in [-0.39, 0.29) is 11.3 Å². The van der Waals surface area contributed by atoms with Gasteiger partial charge < -0.3 is 4.74 Å². The van der Waals surface area contributed by atoms with Gasteiger partial charge >= 0.3 is 6.18 Å². The maximum atomic E-state index is 12.9. The van der Waals surface area contributed by atoms with Crippen molar-refractivity contribution in [2.75, 3.05) is 21.2 Å². The van der Waals surface area contributed by atoms with Crippen LogP contribution in [0.4, 0.5) is 13.2 Å². The van der Waals surface area contributed by atoms with Crippen molar-refractivity contribution in [3.05, 3.63) is 29.8 Å². The zero-order valence-electron chi connectivity index (χ0n) is 9.38. The normalized spacial score (nSPS) is 13.9. The molecule has 0 radical (unpaired) electrons. The van der Waals surface area contributed by atoms with Crippen LogP contribution in [0.3, 0.4) is 0 Å². The van der Waals surface area contributed by atoms with E-state index in [9.17, 15) is 13.2 Å². The lowest BCUT2D eigenvalue weighted by Gasteiger charge is -2.28. The topological polar surface area (TPSA) is 12.5 Å². The Morgan fingerprint density at radius 2 is 1.75 bits per heavy atom. The fraction of sp³-hybridized carbons (Fsp3) is 0.455. The number of hydrogen-bond donors (Lipinski definition) is 0. The first-order valence-electron chi connectivity index (χ1n) is 4.74. The monoisotopic (exact) mass is 233 g/mol. The zero-order valence-corrected chi connectivity index (χ0v) is 9.38. The van der Waals surface area contributed by atoms with E-state index in [0.29, 0.717) is 0 Å². The van der Waals surface area contributed by atoms with Gasteiger partial charge in [0.25, 0.3) is 0 Å². The molecular formula is C11H14F3NO. The van der Waals surface area contributed by atoms with Crippen LogP contribution in [0.5, 0.6) is 5.75 Å². The highest BCUT2D eigenvalue weighted by Gasteiger charge is 2.43. The van der Waals surface area contributed by atoms with Crippen molar-refractivity contribution in [3.63, 3.8) is 0 Å². The molecule has 5 heteroatoms. The summed E-state index contributed by atoms with van der Waals surface area (Å²) in [7, 11) is 4.15. The SMILES string of the molecule is COc1ccccc1C(N(C)C)C(F)(F)F. The average Bonchev–Trinajstić information content (AvgIpc) is 2.15. The first kappa shape index (κ1) is 12.8. The van der Waals surface area contributed by atoms with Gasteiger partial charge in [-0.15, -0.1) is 0 Å². The molecular weight excluding hydrogens is 219 g/mol. The minimum atomic E-state index is -4.32. The third kappa shape index (κ3) is 2.66. The smallest absolute Gasteiger partial charge is 0.408 e. The molecule has 0 fully saturated rings.